The van der Waals surface area contributed by atoms with Crippen molar-refractivity contribution < 1.29 is 9.47 Å². The number of rotatable bonds is 8. The summed E-state index contributed by atoms with van der Waals surface area (Å²) in [7, 11) is 3.38. The van der Waals surface area contributed by atoms with Gasteiger partial charge in [-0.05, 0) is 30.7 Å². The van der Waals surface area contributed by atoms with Gasteiger partial charge in [-0.25, -0.2) is 9.97 Å². The smallest absolute Gasteiger partial charge is 0.191 e. The molecule has 0 aliphatic rings. The van der Waals surface area contributed by atoms with Gasteiger partial charge in [-0.2, -0.15) is 0 Å². The second-order valence-corrected chi connectivity index (χ2v) is 6.41. The van der Waals surface area contributed by atoms with E-state index in [-0.39, 0.29) is 30.1 Å². The Morgan fingerprint density at radius 1 is 1.20 bits per heavy atom. The predicted molar refractivity (Wildman–Crippen MR) is 128 cm³/mol. The fourth-order valence-corrected chi connectivity index (χ4v) is 2.66. The van der Waals surface area contributed by atoms with Crippen LogP contribution in [0.3, 0.4) is 0 Å². The third kappa shape index (κ3) is 6.90. The average molecular weight is 522 g/mol. The minimum Gasteiger partial charge on any atom is -0.497 e. The maximum Gasteiger partial charge on any atom is 0.191 e. The van der Waals surface area contributed by atoms with E-state index in [0.29, 0.717) is 19.0 Å². The molecule has 2 aromatic heterocycles. The maximum absolute atomic E-state index is 5.92. The summed E-state index contributed by atoms with van der Waals surface area (Å²) in [5.74, 6) is 3.07. The fraction of sp³-hybridized carbons (Fsp3) is 0.286. The molecule has 1 aromatic carbocycles. The van der Waals surface area contributed by atoms with Gasteiger partial charge in [-0.1, -0.05) is 12.1 Å². The largest absolute Gasteiger partial charge is 0.497 e. The van der Waals surface area contributed by atoms with Crippen molar-refractivity contribution in [2.75, 3.05) is 20.7 Å². The first kappa shape index (κ1) is 23.5. The second-order valence-electron chi connectivity index (χ2n) is 6.41. The summed E-state index contributed by atoms with van der Waals surface area (Å²) in [5, 5.41) is 6.55. The van der Waals surface area contributed by atoms with E-state index in [2.05, 4.69) is 25.6 Å². The minimum absolute atomic E-state index is 0. The number of benzene rings is 1. The molecular formula is C21H27IN6O2. The van der Waals surface area contributed by atoms with Gasteiger partial charge in [-0.15, -0.1) is 24.0 Å². The first-order chi connectivity index (χ1) is 14.2. The summed E-state index contributed by atoms with van der Waals surface area (Å²) in [6.45, 7) is 3.22. The van der Waals surface area contributed by atoms with Gasteiger partial charge in [0.25, 0.3) is 0 Å². The molecule has 1 atom stereocenters. The van der Waals surface area contributed by atoms with Crippen LogP contribution in [0.4, 0.5) is 0 Å². The van der Waals surface area contributed by atoms with E-state index in [1.165, 1.54) is 0 Å². The number of methoxy groups -OCH3 is 1. The van der Waals surface area contributed by atoms with E-state index in [9.17, 15) is 0 Å². The molecule has 1 unspecified atom stereocenters. The summed E-state index contributed by atoms with van der Waals surface area (Å²) >= 11 is 0. The van der Waals surface area contributed by atoms with Gasteiger partial charge in [0.15, 0.2) is 5.96 Å². The number of hydrogen-bond donors (Lipinski definition) is 2. The molecule has 0 saturated heterocycles. The van der Waals surface area contributed by atoms with E-state index in [0.717, 1.165) is 22.9 Å². The summed E-state index contributed by atoms with van der Waals surface area (Å²) in [6, 6.07) is 11.5. The number of nitrogens with one attached hydrogen (secondary N) is 2. The number of hydrogen-bond acceptors (Lipinski definition) is 5. The molecule has 30 heavy (non-hydrogen) atoms. The molecule has 3 rings (SSSR count). The summed E-state index contributed by atoms with van der Waals surface area (Å²) in [6.07, 6.45) is 7.11. The Labute approximate surface area is 193 Å². The topological polar surface area (TPSA) is 85.6 Å². The van der Waals surface area contributed by atoms with Crippen LogP contribution in [0.15, 0.2) is 66.3 Å². The third-order valence-electron chi connectivity index (χ3n) is 4.20. The van der Waals surface area contributed by atoms with Crippen molar-refractivity contribution in [3.05, 3.63) is 66.9 Å². The molecule has 0 saturated carbocycles. The molecule has 0 bridgehead atoms. The molecule has 0 amide bonds. The minimum atomic E-state index is -0.0446. The highest BCUT2D eigenvalue weighted by Crippen LogP contribution is 2.19. The van der Waals surface area contributed by atoms with Crippen LogP contribution in [-0.2, 0) is 6.54 Å². The van der Waals surface area contributed by atoms with Crippen LogP contribution in [0, 0.1) is 0 Å². The SMILES string of the molecule is CN=C(NCc1ccc(-n2ccnc2)nc1)NCC(C)Oc1cccc(OC)c1.I. The van der Waals surface area contributed by atoms with Crippen LogP contribution >= 0.6 is 24.0 Å². The van der Waals surface area contributed by atoms with Crippen LogP contribution in [0.25, 0.3) is 5.82 Å². The Morgan fingerprint density at radius 2 is 2.03 bits per heavy atom. The van der Waals surface area contributed by atoms with E-state index in [1.807, 2.05) is 60.3 Å². The summed E-state index contributed by atoms with van der Waals surface area (Å²) in [4.78, 5) is 12.7. The van der Waals surface area contributed by atoms with E-state index in [4.69, 9.17) is 9.47 Å². The number of halogens is 1. The molecule has 0 aliphatic carbocycles. The number of guanidine groups is 1. The van der Waals surface area contributed by atoms with Crippen LogP contribution in [-0.4, -0.2) is 47.3 Å². The lowest BCUT2D eigenvalue weighted by molar-refractivity contribution is 0.223. The van der Waals surface area contributed by atoms with Gasteiger partial charge in [0.1, 0.15) is 29.7 Å². The average Bonchev–Trinajstić information content (AvgIpc) is 3.29. The highest BCUT2D eigenvalue weighted by atomic mass is 127. The quantitative estimate of drug-likeness (QED) is 0.269. The highest BCUT2D eigenvalue weighted by Gasteiger charge is 2.07. The molecule has 2 heterocycles. The van der Waals surface area contributed by atoms with E-state index in [1.54, 1.807) is 26.7 Å². The van der Waals surface area contributed by atoms with Crippen molar-refractivity contribution in [1.29, 1.82) is 0 Å². The van der Waals surface area contributed by atoms with Gasteiger partial charge in [0, 0.05) is 38.2 Å². The van der Waals surface area contributed by atoms with Crippen LogP contribution in [0.2, 0.25) is 0 Å². The Morgan fingerprint density at radius 3 is 2.70 bits per heavy atom. The highest BCUT2D eigenvalue weighted by molar-refractivity contribution is 14.0. The number of pyridine rings is 1. The lowest BCUT2D eigenvalue weighted by Gasteiger charge is -2.18. The van der Waals surface area contributed by atoms with Crippen molar-refractivity contribution >= 4 is 29.9 Å². The molecule has 2 N–H and O–H groups in total. The van der Waals surface area contributed by atoms with Crippen molar-refractivity contribution in [3.8, 4) is 17.3 Å². The molecule has 3 aromatic rings. The van der Waals surface area contributed by atoms with E-state index >= 15 is 0 Å². The zero-order valence-corrected chi connectivity index (χ0v) is 19.6. The Hall–Kier alpha value is -2.82. The summed E-state index contributed by atoms with van der Waals surface area (Å²) < 4.78 is 13.0. The number of ether oxygens (including phenoxy) is 2. The number of nitrogens with zero attached hydrogens (tertiary/aromatic N) is 4. The molecule has 0 radical (unpaired) electrons. The van der Waals surface area contributed by atoms with Gasteiger partial charge >= 0.3 is 0 Å². The fourth-order valence-electron chi connectivity index (χ4n) is 2.66. The maximum atomic E-state index is 5.92. The molecule has 160 valence electrons. The number of aromatic nitrogens is 3. The molecule has 9 heteroatoms. The van der Waals surface area contributed by atoms with Crippen molar-refractivity contribution in [3.63, 3.8) is 0 Å². The van der Waals surface area contributed by atoms with Crippen LogP contribution < -0.4 is 20.1 Å². The number of aliphatic imine (C=N–C) groups is 1. The van der Waals surface area contributed by atoms with Crippen molar-refractivity contribution in [2.45, 2.75) is 19.6 Å². The molecule has 8 nitrogen and oxygen atoms in total. The standard InChI is InChI=1S/C21H26N6O2.HI/c1-16(29-19-6-4-5-18(11-19)28-3)12-25-21(22-2)26-14-17-7-8-20(24-13-17)27-10-9-23-15-27;/h4-11,13,15-16H,12,14H2,1-3H3,(H2,22,25,26);1H. The van der Waals surface area contributed by atoms with Gasteiger partial charge < -0.3 is 20.1 Å². The molecular weight excluding hydrogens is 495 g/mol. The normalized spacial score (nSPS) is 11.9. The Balaban J connectivity index is 0.00000320. The zero-order chi connectivity index (χ0) is 20.5. The van der Waals surface area contributed by atoms with Crippen LogP contribution in [0.5, 0.6) is 11.5 Å². The summed E-state index contributed by atoms with van der Waals surface area (Å²) in [5.41, 5.74) is 1.05. The number of imidazole rings is 1. The lowest BCUT2D eigenvalue weighted by Crippen LogP contribution is -2.41. The van der Waals surface area contributed by atoms with E-state index < -0.39 is 0 Å². The Bertz CT molecular complexity index is 916. The first-order valence-corrected chi connectivity index (χ1v) is 9.36. The van der Waals surface area contributed by atoms with Gasteiger partial charge in [-0.3, -0.25) is 9.56 Å². The molecule has 0 aliphatic heterocycles. The monoisotopic (exact) mass is 522 g/mol. The molecule has 0 fully saturated rings. The zero-order valence-electron chi connectivity index (χ0n) is 17.3. The Kier molecular flexibility index (Phi) is 9.39. The van der Waals surface area contributed by atoms with Crippen LogP contribution in [0.1, 0.15) is 12.5 Å². The van der Waals surface area contributed by atoms with Crippen molar-refractivity contribution in [1.82, 2.24) is 25.2 Å². The van der Waals surface area contributed by atoms with Gasteiger partial charge in [0.2, 0.25) is 0 Å². The predicted octanol–water partition coefficient (Wildman–Crippen LogP) is 3.03. The first-order valence-electron chi connectivity index (χ1n) is 9.36. The lowest BCUT2D eigenvalue weighted by atomic mass is 10.3. The van der Waals surface area contributed by atoms with Crippen molar-refractivity contribution in [2.24, 2.45) is 4.99 Å². The van der Waals surface area contributed by atoms with Gasteiger partial charge in [0.05, 0.1) is 13.7 Å². The molecule has 0 spiro atoms. The second kappa shape index (κ2) is 12.0. The third-order valence-corrected chi connectivity index (χ3v) is 4.20.